The lowest BCUT2D eigenvalue weighted by molar-refractivity contribution is -0.142. The normalized spacial score (nSPS) is 24.8. The van der Waals surface area contributed by atoms with E-state index in [9.17, 15) is 14.4 Å². The number of carboxylic acids is 1. The van der Waals surface area contributed by atoms with Crippen molar-refractivity contribution in [2.24, 2.45) is 11.8 Å². The zero-order valence-electron chi connectivity index (χ0n) is 11.5. The molecule has 3 N–H and O–H groups in total. The first-order valence-corrected chi connectivity index (χ1v) is 6.42. The maximum atomic E-state index is 11.8. The van der Waals surface area contributed by atoms with E-state index < -0.39 is 29.9 Å². The lowest BCUT2D eigenvalue weighted by atomic mass is 9.99. The number of amides is 3. The number of imide groups is 1. The van der Waals surface area contributed by atoms with Crippen LogP contribution in [0.4, 0.5) is 4.79 Å². The van der Waals surface area contributed by atoms with Gasteiger partial charge in [-0.3, -0.25) is 19.8 Å². The van der Waals surface area contributed by atoms with Crippen LogP contribution >= 0.6 is 0 Å². The van der Waals surface area contributed by atoms with Gasteiger partial charge in [-0.15, -0.1) is 0 Å². The number of urea groups is 1. The summed E-state index contributed by atoms with van der Waals surface area (Å²) in [6.07, 6.45) is 0. The topological polar surface area (TPSA) is 98.7 Å². The van der Waals surface area contributed by atoms with Gasteiger partial charge < -0.3 is 10.4 Å². The number of likely N-dealkylation sites (tertiary alicyclic amines) is 1. The minimum absolute atomic E-state index is 0.00258. The number of carbonyl (C=O) groups is 3. The van der Waals surface area contributed by atoms with Crippen molar-refractivity contribution in [1.29, 1.82) is 0 Å². The van der Waals surface area contributed by atoms with Gasteiger partial charge in [-0.25, -0.2) is 4.79 Å². The Morgan fingerprint density at radius 3 is 2.47 bits per heavy atom. The van der Waals surface area contributed by atoms with Gasteiger partial charge in [0.05, 0.1) is 12.0 Å². The molecular formula is C12H21N3O4. The van der Waals surface area contributed by atoms with Crippen LogP contribution < -0.4 is 10.6 Å². The molecule has 7 nitrogen and oxygen atoms in total. The van der Waals surface area contributed by atoms with E-state index in [0.717, 1.165) is 0 Å². The molecule has 1 rings (SSSR count). The minimum atomic E-state index is -0.841. The average Bonchev–Trinajstić information content (AvgIpc) is 2.70. The standard InChI is InChI=1S/C12H21N3O4/c1-4-13-12(19)14-10(16)8(3)15-5-7(2)9(6-15)11(17)18/h7-9H,4-6H2,1-3H3,(H,17,18)(H2,13,14,16,19)/t7-,8?,9-/m1/s1. The molecule has 1 unspecified atom stereocenters. The van der Waals surface area contributed by atoms with Crippen LogP contribution in [0.15, 0.2) is 0 Å². The molecule has 0 radical (unpaired) electrons. The van der Waals surface area contributed by atoms with E-state index in [-0.39, 0.29) is 5.92 Å². The predicted octanol–water partition coefficient (Wildman–Crippen LogP) is -0.127. The molecule has 1 heterocycles. The second-order valence-electron chi connectivity index (χ2n) is 4.90. The highest BCUT2D eigenvalue weighted by Crippen LogP contribution is 2.24. The number of carbonyl (C=O) groups excluding carboxylic acids is 2. The van der Waals surface area contributed by atoms with Crippen molar-refractivity contribution in [3.8, 4) is 0 Å². The van der Waals surface area contributed by atoms with E-state index in [0.29, 0.717) is 19.6 Å². The van der Waals surface area contributed by atoms with E-state index in [2.05, 4.69) is 10.6 Å². The predicted molar refractivity (Wildman–Crippen MR) is 68.5 cm³/mol. The Labute approximate surface area is 112 Å². The summed E-state index contributed by atoms with van der Waals surface area (Å²) in [7, 11) is 0. The number of hydrogen-bond donors (Lipinski definition) is 3. The third-order valence-electron chi connectivity index (χ3n) is 3.46. The summed E-state index contributed by atoms with van der Waals surface area (Å²) in [6, 6.07) is -1.05. The molecule has 1 fully saturated rings. The van der Waals surface area contributed by atoms with Crippen LogP contribution in [0.2, 0.25) is 0 Å². The van der Waals surface area contributed by atoms with Gasteiger partial charge in [0.25, 0.3) is 0 Å². The Kier molecular flexibility index (Phi) is 5.29. The highest BCUT2D eigenvalue weighted by atomic mass is 16.4. The molecule has 3 amide bonds. The highest BCUT2D eigenvalue weighted by molar-refractivity contribution is 5.96. The highest BCUT2D eigenvalue weighted by Gasteiger charge is 2.38. The van der Waals surface area contributed by atoms with Crippen molar-refractivity contribution >= 4 is 17.9 Å². The first-order valence-electron chi connectivity index (χ1n) is 6.42. The average molecular weight is 271 g/mol. The van der Waals surface area contributed by atoms with Crippen molar-refractivity contribution in [1.82, 2.24) is 15.5 Å². The van der Waals surface area contributed by atoms with Crippen LogP contribution in [0.3, 0.4) is 0 Å². The summed E-state index contributed by atoms with van der Waals surface area (Å²) in [6.45, 7) is 6.60. The van der Waals surface area contributed by atoms with Gasteiger partial charge in [-0.2, -0.15) is 0 Å². The SMILES string of the molecule is CCNC(=O)NC(=O)C(C)N1C[C@@H](C)[C@H](C(=O)O)C1. The summed E-state index contributed by atoms with van der Waals surface area (Å²) < 4.78 is 0. The molecule has 0 saturated carbocycles. The largest absolute Gasteiger partial charge is 0.481 e. The zero-order valence-corrected chi connectivity index (χ0v) is 11.5. The summed E-state index contributed by atoms with van der Waals surface area (Å²) in [4.78, 5) is 35.9. The van der Waals surface area contributed by atoms with Crippen molar-refractivity contribution in [2.45, 2.75) is 26.8 Å². The monoisotopic (exact) mass is 271 g/mol. The van der Waals surface area contributed by atoms with Gasteiger partial charge in [0.2, 0.25) is 5.91 Å². The third-order valence-corrected chi connectivity index (χ3v) is 3.46. The second-order valence-corrected chi connectivity index (χ2v) is 4.90. The molecule has 0 bridgehead atoms. The van der Waals surface area contributed by atoms with Crippen LogP contribution in [-0.2, 0) is 9.59 Å². The molecule has 0 aromatic carbocycles. The fraction of sp³-hybridized carbons (Fsp3) is 0.750. The van der Waals surface area contributed by atoms with Gasteiger partial charge >= 0.3 is 12.0 Å². The Balaban J connectivity index is 2.54. The van der Waals surface area contributed by atoms with Crippen molar-refractivity contribution < 1.29 is 19.5 Å². The molecule has 108 valence electrons. The maximum Gasteiger partial charge on any atom is 0.321 e. The fourth-order valence-electron chi connectivity index (χ4n) is 2.23. The Hall–Kier alpha value is -1.63. The molecule has 0 aromatic rings. The van der Waals surface area contributed by atoms with Crippen LogP contribution in [0.25, 0.3) is 0 Å². The molecule has 0 aliphatic carbocycles. The van der Waals surface area contributed by atoms with Gasteiger partial charge in [0, 0.05) is 19.6 Å². The molecule has 7 heteroatoms. The summed E-state index contributed by atoms with van der Waals surface area (Å²) in [5, 5.41) is 13.8. The molecule has 1 aliphatic heterocycles. The lowest BCUT2D eigenvalue weighted by Gasteiger charge is -2.22. The van der Waals surface area contributed by atoms with Crippen molar-refractivity contribution in [3.63, 3.8) is 0 Å². The number of nitrogens with one attached hydrogen (secondary N) is 2. The smallest absolute Gasteiger partial charge is 0.321 e. The first kappa shape index (κ1) is 15.4. The van der Waals surface area contributed by atoms with E-state index in [1.807, 2.05) is 6.92 Å². The fourth-order valence-corrected chi connectivity index (χ4v) is 2.23. The maximum absolute atomic E-state index is 11.8. The summed E-state index contributed by atoms with van der Waals surface area (Å²) >= 11 is 0. The zero-order chi connectivity index (χ0) is 14.6. The van der Waals surface area contributed by atoms with E-state index in [1.54, 1.807) is 18.7 Å². The van der Waals surface area contributed by atoms with Crippen LogP contribution in [0.1, 0.15) is 20.8 Å². The number of rotatable bonds is 4. The van der Waals surface area contributed by atoms with Crippen molar-refractivity contribution in [2.75, 3.05) is 19.6 Å². The van der Waals surface area contributed by atoms with E-state index in [4.69, 9.17) is 5.11 Å². The quantitative estimate of drug-likeness (QED) is 0.661. The summed E-state index contributed by atoms with van der Waals surface area (Å²) in [5.74, 6) is -1.72. The van der Waals surface area contributed by atoms with Crippen LogP contribution in [0, 0.1) is 11.8 Å². The number of hydrogen-bond acceptors (Lipinski definition) is 4. The minimum Gasteiger partial charge on any atom is -0.481 e. The van der Waals surface area contributed by atoms with E-state index >= 15 is 0 Å². The molecule has 1 saturated heterocycles. The molecule has 3 atom stereocenters. The van der Waals surface area contributed by atoms with Gasteiger partial charge in [-0.1, -0.05) is 6.92 Å². The van der Waals surface area contributed by atoms with Gasteiger partial charge in [0.15, 0.2) is 0 Å². The Bertz CT molecular complexity index is 372. The third kappa shape index (κ3) is 3.92. The number of carboxylic acid groups (broad SMARTS) is 1. The molecular weight excluding hydrogens is 250 g/mol. The lowest BCUT2D eigenvalue weighted by Crippen LogP contribution is -2.49. The molecule has 0 aromatic heterocycles. The number of nitrogens with zero attached hydrogens (tertiary/aromatic N) is 1. The molecule has 19 heavy (non-hydrogen) atoms. The van der Waals surface area contributed by atoms with Crippen LogP contribution in [-0.4, -0.2) is 53.6 Å². The Morgan fingerprint density at radius 2 is 2.00 bits per heavy atom. The van der Waals surface area contributed by atoms with Gasteiger partial charge in [0.1, 0.15) is 0 Å². The Morgan fingerprint density at radius 1 is 1.37 bits per heavy atom. The molecule has 0 spiro atoms. The van der Waals surface area contributed by atoms with E-state index in [1.165, 1.54) is 0 Å². The first-order chi connectivity index (χ1) is 8.86. The van der Waals surface area contributed by atoms with Crippen LogP contribution in [0.5, 0.6) is 0 Å². The van der Waals surface area contributed by atoms with Crippen molar-refractivity contribution in [3.05, 3.63) is 0 Å². The second kappa shape index (κ2) is 6.51. The summed E-state index contributed by atoms with van der Waals surface area (Å²) in [5.41, 5.74) is 0. The number of aliphatic carboxylic acids is 1. The van der Waals surface area contributed by atoms with Gasteiger partial charge in [-0.05, 0) is 19.8 Å². The molecule has 1 aliphatic rings.